The van der Waals surface area contributed by atoms with E-state index >= 15 is 0 Å². The highest BCUT2D eigenvalue weighted by molar-refractivity contribution is 9.13. The van der Waals surface area contributed by atoms with Gasteiger partial charge in [0, 0.05) is 7.05 Å². The highest BCUT2D eigenvalue weighted by atomic mass is 79.9. The third-order valence-electron chi connectivity index (χ3n) is 1.20. The second kappa shape index (κ2) is 3.40. The lowest BCUT2D eigenvalue weighted by Gasteiger charge is -1.92. The molecule has 5 heteroatoms. The summed E-state index contributed by atoms with van der Waals surface area (Å²) in [7, 11) is 1.59. The SMILES string of the molecule is CNC(=O)c1cc(Br)c(Br)[nH]1. The number of aromatic nitrogens is 1. The molecule has 0 saturated carbocycles. The van der Waals surface area contributed by atoms with E-state index in [1.807, 2.05) is 0 Å². The van der Waals surface area contributed by atoms with Gasteiger partial charge in [-0.25, -0.2) is 0 Å². The van der Waals surface area contributed by atoms with Gasteiger partial charge in [-0.3, -0.25) is 4.79 Å². The second-order valence-corrected chi connectivity index (χ2v) is 3.57. The van der Waals surface area contributed by atoms with Crippen molar-refractivity contribution < 1.29 is 4.79 Å². The van der Waals surface area contributed by atoms with Crippen LogP contribution in [0.1, 0.15) is 10.5 Å². The lowest BCUT2D eigenvalue weighted by molar-refractivity contribution is 0.0958. The van der Waals surface area contributed by atoms with E-state index in [1.54, 1.807) is 13.1 Å². The molecule has 0 atom stereocenters. The van der Waals surface area contributed by atoms with Crippen LogP contribution in [-0.4, -0.2) is 17.9 Å². The smallest absolute Gasteiger partial charge is 0.267 e. The molecule has 1 amide bonds. The van der Waals surface area contributed by atoms with Gasteiger partial charge in [-0.15, -0.1) is 0 Å². The number of carbonyl (C=O) groups is 1. The molecule has 0 spiro atoms. The van der Waals surface area contributed by atoms with E-state index in [-0.39, 0.29) is 5.91 Å². The summed E-state index contributed by atoms with van der Waals surface area (Å²) in [6.45, 7) is 0. The van der Waals surface area contributed by atoms with Gasteiger partial charge in [-0.1, -0.05) is 0 Å². The number of H-pyrrole nitrogens is 1. The van der Waals surface area contributed by atoms with Crippen LogP contribution < -0.4 is 5.32 Å². The average molecular weight is 282 g/mol. The van der Waals surface area contributed by atoms with Crippen LogP contribution in [-0.2, 0) is 0 Å². The fraction of sp³-hybridized carbons (Fsp3) is 0.167. The Morgan fingerprint density at radius 2 is 2.27 bits per heavy atom. The summed E-state index contributed by atoms with van der Waals surface area (Å²) in [5.41, 5.74) is 0.534. The van der Waals surface area contributed by atoms with Crippen molar-refractivity contribution in [3.05, 3.63) is 20.8 Å². The largest absolute Gasteiger partial charge is 0.354 e. The minimum Gasteiger partial charge on any atom is -0.354 e. The van der Waals surface area contributed by atoms with E-state index in [4.69, 9.17) is 0 Å². The van der Waals surface area contributed by atoms with Crippen LogP contribution in [0, 0.1) is 0 Å². The zero-order valence-electron chi connectivity index (χ0n) is 5.74. The zero-order chi connectivity index (χ0) is 8.43. The van der Waals surface area contributed by atoms with Crippen LogP contribution in [0.4, 0.5) is 0 Å². The van der Waals surface area contributed by atoms with Crippen molar-refractivity contribution >= 4 is 37.8 Å². The number of halogens is 2. The number of nitrogens with one attached hydrogen (secondary N) is 2. The number of rotatable bonds is 1. The maximum Gasteiger partial charge on any atom is 0.267 e. The summed E-state index contributed by atoms with van der Waals surface area (Å²) in [6, 6.07) is 1.71. The third-order valence-corrected chi connectivity index (χ3v) is 2.98. The Hall–Kier alpha value is -0.290. The summed E-state index contributed by atoms with van der Waals surface area (Å²) in [6.07, 6.45) is 0. The summed E-state index contributed by atoms with van der Waals surface area (Å²) in [5.74, 6) is -0.128. The van der Waals surface area contributed by atoms with E-state index in [0.717, 1.165) is 9.08 Å². The molecule has 2 N–H and O–H groups in total. The Labute approximate surface area is 80.8 Å². The van der Waals surface area contributed by atoms with E-state index < -0.39 is 0 Å². The van der Waals surface area contributed by atoms with Crippen LogP contribution in [0.25, 0.3) is 0 Å². The Bertz CT molecular complexity index is 263. The first-order chi connectivity index (χ1) is 5.15. The molecule has 3 nitrogen and oxygen atoms in total. The van der Waals surface area contributed by atoms with E-state index in [2.05, 4.69) is 42.2 Å². The predicted molar refractivity (Wildman–Crippen MR) is 49.6 cm³/mol. The molecule has 11 heavy (non-hydrogen) atoms. The fourth-order valence-electron chi connectivity index (χ4n) is 0.661. The molecular weight excluding hydrogens is 276 g/mol. The minimum absolute atomic E-state index is 0.128. The van der Waals surface area contributed by atoms with Gasteiger partial charge in [0.05, 0.1) is 9.08 Å². The van der Waals surface area contributed by atoms with Gasteiger partial charge in [0.1, 0.15) is 5.69 Å². The molecule has 0 radical (unpaired) electrons. The van der Waals surface area contributed by atoms with Gasteiger partial charge in [-0.2, -0.15) is 0 Å². The van der Waals surface area contributed by atoms with Crippen molar-refractivity contribution in [1.82, 2.24) is 10.3 Å². The Kier molecular flexibility index (Phi) is 2.72. The molecule has 0 saturated heterocycles. The molecule has 1 aromatic rings. The maximum absolute atomic E-state index is 11.0. The second-order valence-electron chi connectivity index (χ2n) is 1.92. The van der Waals surface area contributed by atoms with Crippen molar-refractivity contribution in [3.8, 4) is 0 Å². The molecule has 0 aliphatic carbocycles. The monoisotopic (exact) mass is 280 g/mol. The highest BCUT2D eigenvalue weighted by Crippen LogP contribution is 2.22. The molecule has 60 valence electrons. The molecule has 0 aliphatic rings. The first-order valence-electron chi connectivity index (χ1n) is 2.91. The molecule has 0 bridgehead atoms. The predicted octanol–water partition coefficient (Wildman–Crippen LogP) is 1.90. The molecule has 0 unspecified atom stereocenters. The van der Waals surface area contributed by atoms with Gasteiger partial charge in [0.15, 0.2) is 0 Å². The standard InChI is InChI=1S/C6H6Br2N2O/c1-9-6(11)4-2-3(7)5(8)10-4/h2,10H,1H3,(H,9,11). The highest BCUT2D eigenvalue weighted by Gasteiger charge is 2.08. The van der Waals surface area contributed by atoms with Gasteiger partial charge in [0.2, 0.25) is 0 Å². The Morgan fingerprint density at radius 1 is 1.64 bits per heavy atom. The molecule has 0 aromatic carbocycles. The van der Waals surface area contributed by atoms with Crippen molar-refractivity contribution in [1.29, 1.82) is 0 Å². The van der Waals surface area contributed by atoms with Gasteiger partial charge in [-0.05, 0) is 37.9 Å². The normalized spacial score (nSPS) is 9.73. The number of carbonyl (C=O) groups excluding carboxylic acids is 1. The number of hydrogen-bond donors (Lipinski definition) is 2. The summed E-state index contributed by atoms with van der Waals surface area (Å²) >= 11 is 6.49. The molecule has 0 aliphatic heterocycles. The Morgan fingerprint density at radius 3 is 2.64 bits per heavy atom. The lowest BCUT2D eigenvalue weighted by atomic mass is 10.4. The van der Waals surface area contributed by atoms with Crippen LogP contribution in [0.3, 0.4) is 0 Å². The summed E-state index contributed by atoms with van der Waals surface area (Å²) in [4.78, 5) is 13.8. The lowest BCUT2D eigenvalue weighted by Crippen LogP contribution is -2.17. The molecule has 1 rings (SSSR count). The molecular formula is C6H6Br2N2O. The van der Waals surface area contributed by atoms with E-state index in [1.165, 1.54) is 0 Å². The summed E-state index contributed by atoms with van der Waals surface area (Å²) in [5, 5.41) is 2.51. The average Bonchev–Trinajstić information content (AvgIpc) is 2.31. The van der Waals surface area contributed by atoms with Gasteiger partial charge in [0.25, 0.3) is 5.91 Å². The van der Waals surface area contributed by atoms with Gasteiger partial charge >= 0.3 is 0 Å². The zero-order valence-corrected chi connectivity index (χ0v) is 8.91. The van der Waals surface area contributed by atoms with Crippen molar-refractivity contribution in [2.45, 2.75) is 0 Å². The maximum atomic E-state index is 11.0. The van der Waals surface area contributed by atoms with Crippen LogP contribution in [0.15, 0.2) is 15.1 Å². The van der Waals surface area contributed by atoms with E-state index in [0.29, 0.717) is 5.69 Å². The molecule has 0 fully saturated rings. The number of amides is 1. The fourth-order valence-corrected chi connectivity index (χ4v) is 1.32. The van der Waals surface area contributed by atoms with Crippen LogP contribution in [0.5, 0.6) is 0 Å². The number of hydrogen-bond acceptors (Lipinski definition) is 1. The van der Waals surface area contributed by atoms with Gasteiger partial charge < -0.3 is 10.3 Å². The minimum atomic E-state index is -0.128. The third kappa shape index (κ3) is 1.84. The first kappa shape index (κ1) is 8.80. The Balaban J connectivity index is 2.97. The molecule has 1 aromatic heterocycles. The quantitative estimate of drug-likeness (QED) is 0.811. The van der Waals surface area contributed by atoms with E-state index in [9.17, 15) is 4.79 Å². The summed E-state index contributed by atoms with van der Waals surface area (Å²) < 4.78 is 1.62. The van der Waals surface area contributed by atoms with Crippen molar-refractivity contribution in [3.63, 3.8) is 0 Å². The van der Waals surface area contributed by atoms with Crippen molar-refractivity contribution in [2.75, 3.05) is 7.05 Å². The van der Waals surface area contributed by atoms with Crippen LogP contribution in [0.2, 0.25) is 0 Å². The molecule has 1 heterocycles. The number of aromatic amines is 1. The first-order valence-corrected chi connectivity index (χ1v) is 4.50. The van der Waals surface area contributed by atoms with Crippen molar-refractivity contribution in [2.24, 2.45) is 0 Å². The van der Waals surface area contributed by atoms with Crippen LogP contribution >= 0.6 is 31.9 Å². The topological polar surface area (TPSA) is 44.9 Å².